The highest BCUT2D eigenvalue weighted by atomic mass is 79.9. The van der Waals surface area contributed by atoms with Crippen molar-refractivity contribution in [2.75, 3.05) is 0 Å². The normalized spacial score (nSPS) is 23.2. The van der Waals surface area contributed by atoms with Gasteiger partial charge in [-0.25, -0.2) is 8.42 Å². The minimum atomic E-state index is -3.78. The molecule has 0 N–H and O–H groups in total. The number of piperidine rings is 1. The molecule has 0 radical (unpaired) electrons. The number of nitriles is 1. The molecule has 1 aromatic rings. The Kier molecular flexibility index (Phi) is 5.30. The lowest BCUT2D eigenvalue weighted by Crippen LogP contribution is -2.40. The number of allylic oxidation sites excluding steroid dienone is 1. The van der Waals surface area contributed by atoms with Gasteiger partial charge in [0, 0.05) is 22.8 Å². The van der Waals surface area contributed by atoms with Gasteiger partial charge in [-0.1, -0.05) is 15.9 Å². The van der Waals surface area contributed by atoms with Gasteiger partial charge in [0.05, 0.1) is 4.90 Å². The summed E-state index contributed by atoms with van der Waals surface area (Å²) in [5, 5.41) is 9.35. The molecule has 0 bridgehead atoms. The predicted octanol–water partition coefficient (Wildman–Crippen LogP) is 3.85. The third-order valence-corrected chi connectivity index (χ3v) is 6.25. The van der Waals surface area contributed by atoms with Gasteiger partial charge in [-0.2, -0.15) is 5.26 Å². The molecule has 6 heteroatoms. The van der Waals surface area contributed by atoms with Crippen molar-refractivity contribution >= 4 is 25.8 Å². The Balaban J connectivity index is 2.40. The van der Waals surface area contributed by atoms with Gasteiger partial charge in [-0.15, -0.1) is 0 Å². The van der Waals surface area contributed by atoms with Crippen LogP contribution in [0.4, 0.5) is 0 Å². The molecule has 1 heterocycles. The molecule has 1 fully saturated rings. The Morgan fingerprint density at radius 3 is 2.32 bits per heavy atom. The monoisotopic (exact) mass is 382 g/mol. The third kappa shape index (κ3) is 3.53. The maximum absolute atomic E-state index is 12.6. The molecular weight excluding hydrogens is 364 g/mol. The molecule has 1 aromatic carbocycles. The van der Waals surface area contributed by atoms with Crippen LogP contribution in [0.3, 0.4) is 0 Å². The molecule has 2 rings (SSSR count). The van der Waals surface area contributed by atoms with Crippen LogP contribution < -0.4 is 0 Å². The summed E-state index contributed by atoms with van der Waals surface area (Å²) in [5.74, 6) is 0. The van der Waals surface area contributed by atoms with Crippen molar-refractivity contribution < 1.29 is 8.42 Å². The first-order valence-electron chi connectivity index (χ1n) is 7.26. The zero-order valence-corrected chi connectivity index (χ0v) is 15.1. The molecule has 1 saturated heterocycles. The smallest absolute Gasteiger partial charge is 0.218 e. The van der Waals surface area contributed by atoms with Crippen LogP contribution in [0.2, 0.25) is 0 Å². The van der Waals surface area contributed by atoms with Gasteiger partial charge >= 0.3 is 0 Å². The Bertz CT molecular complexity index is 695. The number of sulfone groups is 1. The van der Waals surface area contributed by atoms with Crippen molar-refractivity contribution in [3.63, 3.8) is 0 Å². The van der Waals surface area contributed by atoms with E-state index in [0.29, 0.717) is 0 Å². The summed E-state index contributed by atoms with van der Waals surface area (Å²) in [4.78, 5) is 1.94. The predicted molar refractivity (Wildman–Crippen MR) is 89.6 cm³/mol. The lowest BCUT2D eigenvalue weighted by Gasteiger charge is -2.38. The molecule has 118 valence electrons. The van der Waals surface area contributed by atoms with Gasteiger partial charge in [0.1, 0.15) is 6.07 Å². The molecule has 2 atom stereocenters. The first-order valence-corrected chi connectivity index (χ1v) is 9.54. The summed E-state index contributed by atoms with van der Waals surface area (Å²) >= 11 is 3.28. The number of halogens is 1. The summed E-state index contributed by atoms with van der Waals surface area (Å²) < 4.78 is 26.1. The fourth-order valence-electron chi connectivity index (χ4n) is 2.73. The van der Waals surface area contributed by atoms with E-state index in [-0.39, 0.29) is 21.9 Å². The van der Waals surface area contributed by atoms with Crippen molar-refractivity contribution in [2.45, 2.75) is 50.1 Å². The highest BCUT2D eigenvalue weighted by molar-refractivity contribution is 9.10. The largest absolute Gasteiger partial charge is 0.370 e. The maximum atomic E-state index is 12.6. The lowest BCUT2D eigenvalue weighted by atomic mass is 9.98. The first kappa shape index (κ1) is 17.0. The molecule has 2 unspecified atom stereocenters. The second-order valence-corrected chi connectivity index (χ2v) is 8.47. The van der Waals surface area contributed by atoms with E-state index in [1.807, 2.05) is 11.0 Å². The van der Waals surface area contributed by atoms with Crippen molar-refractivity contribution in [3.05, 3.63) is 39.8 Å². The van der Waals surface area contributed by atoms with Crippen LogP contribution in [0, 0.1) is 11.3 Å². The summed E-state index contributed by atoms with van der Waals surface area (Å²) in [6, 6.07) is 8.69. The first-order chi connectivity index (χ1) is 10.4. The van der Waals surface area contributed by atoms with Crippen molar-refractivity contribution in [2.24, 2.45) is 0 Å². The van der Waals surface area contributed by atoms with Crippen LogP contribution in [0.15, 0.2) is 44.7 Å². The van der Waals surface area contributed by atoms with Crippen LogP contribution in [-0.4, -0.2) is 25.4 Å². The van der Waals surface area contributed by atoms with Crippen LogP contribution in [-0.2, 0) is 9.84 Å². The second-order valence-electron chi connectivity index (χ2n) is 5.64. The maximum Gasteiger partial charge on any atom is 0.218 e. The van der Waals surface area contributed by atoms with Crippen molar-refractivity contribution in [3.8, 4) is 6.07 Å². The number of rotatable bonds is 3. The summed E-state index contributed by atoms with van der Waals surface area (Å²) in [7, 11) is -3.78. The molecule has 0 saturated carbocycles. The number of benzene rings is 1. The highest BCUT2D eigenvalue weighted by Crippen LogP contribution is 2.26. The fraction of sp³-hybridized carbons (Fsp3) is 0.438. The van der Waals surface area contributed by atoms with E-state index in [9.17, 15) is 13.7 Å². The average molecular weight is 383 g/mol. The molecule has 1 aliphatic rings. The molecule has 0 spiro atoms. The van der Waals surface area contributed by atoms with Gasteiger partial charge in [-0.05, 0) is 57.4 Å². The molecule has 0 aromatic heterocycles. The standard InChI is InChI=1S/C16H19BrN2O2S/c1-12-4-3-5-13(2)19(12)11-16(10-18)22(20,21)15-8-6-14(17)7-9-15/h6-9,11-13H,3-5H2,1-2H3/b16-11+. The quantitative estimate of drug-likeness (QED) is 0.744. The van der Waals surface area contributed by atoms with Gasteiger partial charge in [0.25, 0.3) is 0 Å². The molecule has 0 amide bonds. The van der Waals surface area contributed by atoms with Crippen molar-refractivity contribution in [1.82, 2.24) is 4.90 Å². The van der Waals surface area contributed by atoms with Crippen LogP contribution >= 0.6 is 15.9 Å². The van der Waals surface area contributed by atoms with Gasteiger partial charge in [0.2, 0.25) is 9.84 Å². The van der Waals surface area contributed by atoms with E-state index >= 15 is 0 Å². The van der Waals surface area contributed by atoms with Crippen molar-refractivity contribution in [1.29, 1.82) is 5.26 Å². The highest BCUT2D eigenvalue weighted by Gasteiger charge is 2.27. The van der Waals surface area contributed by atoms with E-state index in [1.54, 1.807) is 12.1 Å². The minimum absolute atomic E-state index is 0.140. The Morgan fingerprint density at radius 2 is 1.82 bits per heavy atom. The zero-order chi connectivity index (χ0) is 16.3. The molecule has 0 aliphatic carbocycles. The third-order valence-electron chi connectivity index (χ3n) is 4.05. The number of nitrogens with zero attached hydrogens (tertiary/aromatic N) is 2. The van der Waals surface area contributed by atoms with Gasteiger partial charge in [0.15, 0.2) is 4.91 Å². The molecule has 22 heavy (non-hydrogen) atoms. The fourth-order valence-corrected chi connectivity index (χ4v) is 4.12. The van der Waals surface area contributed by atoms with Gasteiger partial charge < -0.3 is 4.90 Å². The summed E-state index contributed by atoms with van der Waals surface area (Å²) in [6.45, 7) is 4.13. The van der Waals surface area contributed by atoms with E-state index in [1.165, 1.54) is 18.3 Å². The molecular formula is C16H19BrN2O2S. The molecule has 4 nitrogen and oxygen atoms in total. The minimum Gasteiger partial charge on any atom is -0.370 e. The van der Waals surface area contributed by atoms with E-state index in [4.69, 9.17) is 0 Å². The lowest BCUT2D eigenvalue weighted by molar-refractivity contribution is 0.164. The topological polar surface area (TPSA) is 61.2 Å². The zero-order valence-electron chi connectivity index (χ0n) is 12.7. The average Bonchev–Trinajstić information content (AvgIpc) is 2.47. The van der Waals surface area contributed by atoms with Crippen LogP contribution in [0.1, 0.15) is 33.1 Å². The van der Waals surface area contributed by atoms with Crippen LogP contribution in [0.25, 0.3) is 0 Å². The van der Waals surface area contributed by atoms with E-state index in [0.717, 1.165) is 23.7 Å². The molecule has 1 aliphatic heterocycles. The second kappa shape index (κ2) is 6.84. The Hall–Kier alpha value is -1.32. The Morgan fingerprint density at radius 1 is 1.27 bits per heavy atom. The number of hydrogen-bond donors (Lipinski definition) is 0. The Labute approximate surface area is 140 Å². The van der Waals surface area contributed by atoms with Gasteiger partial charge in [-0.3, -0.25) is 0 Å². The summed E-state index contributed by atoms with van der Waals surface area (Å²) in [6.07, 6.45) is 4.68. The van der Waals surface area contributed by atoms with Crippen LogP contribution in [0.5, 0.6) is 0 Å². The number of hydrogen-bond acceptors (Lipinski definition) is 4. The van der Waals surface area contributed by atoms with E-state index < -0.39 is 9.84 Å². The summed E-state index contributed by atoms with van der Waals surface area (Å²) in [5.41, 5.74) is 0. The number of likely N-dealkylation sites (tertiary alicyclic amines) is 1. The van der Waals surface area contributed by atoms with E-state index in [2.05, 4.69) is 29.8 Å². The SMILES string of the molecule is CC1CCCC(C)N1/C=C(\C#N)S(=O)(=O)c1ccc(Br)cc1.